The van der Waals surface area contributed by atoms with Gasteiger partial charge < -0.3 is 10.2 Å². The third-order valence-electron chi connectivity index (χ3n) is 3.72. The van der Waals surface area contributed by atoms with Crippen LogP contribution in [0.25, 0.3) is 0 Å². The predicted molar refractivity (Wildman–Crippen MR) is 89.1 cm³/mol. The predicted octanol–water partition coefficient (Wildman–Crippen LogP) is 2.77. The van der Waals surface area contributed by atoms with E-state index in [1.165, 1.54) is 5.69 Å². The number of nitrogens with one attached hydrogen (secondary N) is 1. The minimum absolute atomic E-state index is 0.274. The SMILES string of the molecule is CNC(CCc1c(Br)cnn1CCN(C)C)C(C)(C)C. The molecule has 0 amide bonds. The second-order valence-corrected chi connectivity index (χ2v) is 7.57. The van der Waals surface area contributed by atoms with Crippen molar-refractivity contribution in [3.63, 3.8) is 0 Å². The summed E-state index contributed by atoms with van der Waals surface area (Å²) >= 11 is 3.63. The van der Waals surface area contributed by atoms with Crippen molar-refractivity contribution in [2.24, 2.45) is 5.41 Å². The van der Waals surface area contributed by atoms with Crippen molar-refractivity contribution in [1.29, 1.82) is 0 Å². The third-order valence-corrected chi connectivity index (χ3v) is 4.38. The van der Waals surface area contributed by atoms with Crippen molar-refractivity contribution in [1.82, 2.24) is 20.0 Å². The Kier molecular flexibility index (Phi) is 6.69. The number of aromatic nitrogens is 2. The van der Waals surface area contributed by atoms with Crippen LogP contribution in [-0.4, -0.2) is 48.4 Å². The van der Waals surface area contributed by atoms with Crippen molar-refractivity contribution in [3.8, 4) is 0 Å². The summed E-state index contributed by atoms with van der Waals surface area (Å²) in [7, 11) is 6.23. The van der Waals surface area contributed by atoms with E-state index in [4.69, 9.17) is 0 Å². The van der Waals surface area contributed by atoms with Gasteiger partial charge in [-0.3, -0.25) is 4.68 Å². The Morgan fingerprint density at radius 1 is 1.40 bits per heavy atom. The van der Waals surface area contributed by atoms with E-state index in [9.17, 15) is 0 Å². The molecule has 0 saturated carbocycles. The van der Waals surface area contributed by atoms with Crippen LogP contribution >= 0.6 is 15.9 Å². The average molecular weight is 345 g/mol. The molecule has 1 aromatic heterocycles. The van der Waals surface area contributed by atoms with Gasteiger partial charge in [0.1, 0.15) is 0 Å². The van der Waals surface area contributed by atoms with Crippen molar-refractivity contribution < 1.29 is 0 Å². The van der Waals surface area contributed by atoms with Gasteiger partial charge in [0.2, 0.25) is 0 Å². The first-order valence-corrected chi connectivity index (χ1v) is 8.07. The van der Waals surface area contributed by atoms with Gasteiger partial charge in [-0.25, -0.2) is 0 Å². The van der Waals surface area contributed by atoms with Crippen LogP contribution < -0.4 is 5.32 Å². The van der Waals surface area contributed by atoms with Crippen LogP contribution in [0.4, 0.5) is 0 Å². The molecule has 5 heteroatoms. The van der Waals surface area contributed by atoms with E-state index in [0.29, 0.717) is 6.04 Å². The molecule has 1 atom stereocenters. The number of nitrogens with zero attached hydrogens (tertiary/aromatic N) is 3. The zero-order valence-electron chi connectivity index (χ0n) is 13.7. The highest BCUT2D eigenvalue weighted by molar-refractivity contribution is 9.10. The zero-order valence-corrected chi connectivity index (χ0v) is 15.3. The molecule has 1 unspecified atom stereocenters. The van der Waals surface area contributed by atoms with E-state index >= 15 is 0 Å². The number of rotatable bonds is 7. The minimum Gasteiger partial charge on any atom is -0.316 e. The van der Waals surface area contributed by atoms with Gasteiger partial charge >= 0.3 is 0 Å². The van der Waals surface area contributed by atoms with Crippen LogP contribution in [0.1, 0.15) is 32.9 Å². The molecular formula is C15H29BrN4. The van der Waals surface area contributed by atoms with Crippen LogP contribution in [0.2, 0.25) is 0 Å². The van der Waals surface area contributed by atoms with Crippen LogP contribution in [0.5, 0.6) is 0 Å². The maximum Gasteiger partial charge on any atom is 0.0635 e. The fourth-order valence-corrected chi connectivity index (χ4v) is 2.91. The highest BCUT2D eigenvalue weighted by Crippen LogP contribution is 2.25. The molecule has 0 radical (unpaired) electrons. The van der Waals surface area contributed by atoms with Crippen LogP contribution in [0, 0.1) is 5.41 Å². The summed E-state index contributed by atoms with van der Waals surface area (Å²) in [6, 6.07) is 0.506. The Hall–Kier alpha value is -0.390. The van der Waals surface area contributed by atoms with Gasteiger partial charge in [0, 0.05) is 12.6 Å². The summed E-state index contributed by atoms with van der Waals surface area (Å²) in [5.41, 5.74) is 1.58. The van der Waals surface area contributed by atoms with Gasteiger partial charge in [0.25, 0.3) is 0 Å². The molecule has 0 spiro atoms. The second kappa shape index (κ2) is 7.57. The third kappa shape index (κ3) is 5.19. The highest BCUT2D eigenvalue weighted by atomic mass is 79.9. The lowest BCUT2D eigenvalue weighted by Gasteiger charge is -2.30. The minimum atomic E-state index is 0.274. The fourth-order valence-electron chi connectivity index (χ4n) is 2.42. The van der Waals surface area contributed by atoms with E-state index in [0.717, 1.165) is 30.4 Å². The Morgan fingerprint density at radius 3 is 2.55 bits per heavy atom. The maximum atomic E-state index is 4.48. The molecule has 0 bridgehead atoms. The Balaban J connectivity index is 2.69. The number of hydrogen-bond acceptors (Lipinski definition) is 3. The Morgan fingerprint density at radius 2 is 2.05 bits per heavy atom. The lowest BCUT2D eigenvalue weighted by Crippen LogP contribution is -2.38. The molecule has 0 aromatic carbocycles. The lowest BCUT2D eigenvalue weighted by atomic mass is 9.84. The molecule has 0 fully saturated rings. The molecule has 0 aliphatic carbocycles. The van der Waals surface area contributed by atoms with Crippen molar-refractivity contribution in [2.45, 2.75) is 46.2 Å². The van der Waals surface area contributed by atoms with Gasteiger partial charge in [-0.15, -0.1) is 0 Å². The van der Waals surface area contributed by atoms with Crippen LogP contribution in [0.15, 0.2) is 10.7 Å². The molecule has 1 heterocycles. The van der Waals surface area contributed by atoms with Crippen LogP contribution in [0.3, 0.4) is 0 Å². The molecule has 1 aromatic rings. The molecule has 0 saturated heterocycles. The molecular weight excluding hydrogens is 316 g/mol. The van der Waals surface area contributed by atoms with Gasteiger partial charge in [-0.2, -0.15) is 5.10 Å². The number of likely N-dealkylation sites (N-methyl/N-ethyl adjacent to an activating group) is 1. The molecule has 1 N–H and O–H groups in total. The summed E-state index contributed by atoms with van der Waals surface area (Å²) in [4.78, 5) is 2.19. The first-order valence-electron chi connectivity index (χ1n) is 7.28. The van der Waals surface area contributed by atoms with E-state index < -0.39 is 0 Å². The van der Waals surface area contributed by atoms with Crippen LogP contribution in [-0.2, 0) is 13.0 Å². The lowest BCUT2D eigenvalue weighted by molar-refractivity contribution is 0.266. The van der Waals surface area contributed by atoms with E-state index in [-0.39, 0.29) is 5.41 Å². The molecule has 1 rings (SSSR count). The zero-order chi connectivity index (χ0) is 15.3. The first-order chi connectivity index (χ1) is 9.25. The van der Waals surface area contributed by atoms with Crippen molar-refractivity contribution in [3.05, 3.63) is 16.4 Å². The van der Waals surface area contributed by atoms with E-state index in [2.05, 4.69) is 70.8 Å². The molecule has 4 nitrogen and oxygen atoms in total. The normalized spacial score (nSPS) is 14.0. The van der Waals surface area contributed by atoms with Gasteiger partial charge in [0.05, 0.1) is 22.9 Å². The summed E-state index contributed by atoms with van der Waals surface area (Å²) < 4.78 is 3.25. The van der Waals surface area contributed by atoms with Crippen molar-refractivity contribution in [2.75, 3.05) is 27.7 Å². The smallest absolute Gasteiger partial charge is 0.0635 e. The fraction of sp³-hybridized carbons (Fsp3) is 0.800. The molecule has 116 valence electrons. The van der Waals surface area contributed by atoms with Crippen molar-refractivity contribution >= 4 is 15.9 Å². The molecule has 0 aliphatic heterocycles. The standard InChI is InChI=1S/C15H29BrN4/c1-15(2,3)14(17-4)8-7-13-12(16)11-18-20(13)10-9-19(5)6/h11,14,17H,7-10H2,1-6H3. The molecule has 0 aliphatic rings. The van der Waals surface area contributed by atoms with Gasteiger partial charge in [-0.05, 0) is 55.3 Å². The quantitative estimate of drug-likeness (QED) is 0.825. The Bertz CT molecular complexity index is 406. The topological polar surface area (TPSA) is 33.1 Å². The van der Waals surface area contributed by atoms with Gasteiger partial charge in [-0.1, -0.05) is 20.8 Å². The summed E-state index contributed by atoms with van der Waals surface area (Å²) in [6.45, 7) is 8.80. The summed E-state index contributed by atoms with van der Waals surface area (Å²) in [5.74, 6) is 0. The second-order valence-electron chi connectivity index (χ2n) is 6.71. The number of halogens is 1. The Labute approximate surface area is 132 Å². The average Bonchev–Trinajstić information content (AvgIpc) is 2.67. The highest BCUT2D eigenvalue weighted by Gasteiger charge is 2.23. The summed E-state index contributed by atoms with van der Waals surface area (Å²) in [6.07, 6.45) is 4.07. The maximum absolute atomic E-state index is 4.48. The largest absolute Gasteiger partial charge is 0.316 e. The monoisotopic (exact) mass is 344 g/mol. The van der Waals surface area contributed by atoms with E-state index in [1.54, 1.807) is 0 Å². The summed E-state index contributed by atoms with van der Waals surface area (Å²) in [5, 5.41) is 7.92. The first kappa shape index (κ1) is 17.7. The molecule has 20 heavy (non-hydrogen) atoms. The van der Waals surface area contributed by atoms with Gasteiger partial charge in [0.15, 0.2) is 0 Å². The van der Waals surface area contributed by atoms with E-state index in [1.807, 2.05) is 13.2 Å². The number of hydrogen-bond donors (Lipinski definition) is 1.